The molecule has 0 aliphatic carbocycles. The first-order valence-electron chi connectivity index (χ1n) is 3.66. The molecular weight excluding hydrogens is 198 g/mol. The minimum Gasteiger partial charge on any atom is -0.207 e. The molecule has 0 radical (unpaired) electrons. The highest BCUT2D eigenvalue weighted by Gasteiger charge is 2.12. The molecule has 0 nitrogen and oxygen atoms in total. The van der Waals surface area contributed by atoms with Gasteiger partial charge in [-0.1, -0.05) is 24.6 Å². The number of benzene rings is 1. The van der Waals surface area contributed by atoms with Crippen molar-refractivity contribution in [1.82, 2.24) is 0 Å². The highest BCUT2D eigenvalue weighted by molar-refractivity contribution is 6.31. The lowest BCUT2D eigenvalue weighted by atomic mass is 10.0. The van der Waals surface area contributed by atoms with Gasteiger partial charge in [0.15, 0.2) is 0 Å². The number of hydrogen-bond donors (Lipinski definition) is 0. The van der Waals surface area contributed by atoms with Gasteiger partial charge in [0.2, 0.25) is 0 Å². The summed E-state index contributed by atoms with van der Waals surface area (Å²) in [4.78, 5) is 0. The Balaban J connectivity index is 3.12. The largest absolute Gasteiger partial charge is 0.207 e. The van der Waals surface area contributed by atoms with E-state index in [1.807, 2.05) is 6.92 Å². The molecule has 0 N–H and O–H groups in total. The number of alkyl halides is 1. The first-order valence-corrected chi connectivity index (χ1v) is 4.58. The lowest BCUT2D eigenvalue weighted by Crippen LogP contribution is -1.99. The van der Waals surface area contributed by atoms with Crippen LogP contribution in [0.25, 0.3) is 0 Å². The Morgan fingerprint density at radius 2 is 2.17 bits per heavy atom. The van der Waals surface area contributed by atoms with Gasteiger partial charge in [-0.25, -0.2) is 4.39 Å². The van der Waals surface area contributed by atoms with E-state index in [0.717, 1.165) is 0 Å². The van der Waals surface area contributed by atoms with Crippen molar-refractivity contribution in [3.8, 4) is 0 Å². The van der Waals surface area contributed by atoms with Crippen LogP contribution in [-0.2, 0) is 0 Å². The molecule has 1 rings (SSSR count). The van der Waals surface area contributed by atoms with E-state index in [1.165, 1.54) is 6.07 Å². The van der Waals surface area contributed by atoms with Crippen LogP contribution in [0.1, 0.15) is 18.4 Å². The molecule has 0 fully saturated rings. The average molecular weight is 207 g/mol. The molecule has 0 heterocycles. The molecule has 0 saturated heterocycles. The SMILES string of the molecule is CC(CCl)c1c(F)cccc1Cl. The van der Waals surface area contributed by atoms with Gasteiger partial charge in [0.05, 0.1) is 0 Å². The Morgan fingerprint density at radius 1 is 1.50 bits per heavy atom. The molecule has 1 aromatic rings. The molecule has 1 unspecified atom stereocenters. The maximum Gasteiger partial charge on any atom is 0.128 e. The quantitative estimate of drug-likeness (QED) is 0.646. The summed E-state index contributed by atoms with van der Waals surface area (Å²) in [7, 11) is 0. The maximum atomic E-state index is 13.1. The molecule has 0 aliphatic rings. The van der Waals surface area contributed by atoms with Crippen LogP contribution in [0, 0.1) is 5.82 Å². The van der Waals surface area contributed by atoms with Crippen LogP contribution in [0.3, 0.4) is 0 Å². The Labute approximate surface area is 81.3 Å². The van der Waals surface area contributed by atoms with Crippen LogP contribution in [-0.4, -0.2) is 5.88 Å². The van der Waals surface area contributed by atoms with Gasteiger partial charge < -0.3 is 0 Å². The summed E-state index contributed by atoms with van der Waals surface area (Å²) in [5.74, 6) is 0.0525. The summed E-state index contributed by atoms with van der Waals surface area (Å²) >= 11 is 11.4. The normalized spacial score (nSPS) is 13.0. The molecule has 0 bridgehead atoms. The maximum absolute atomic E-state index is 13.1. The second kappa shape index (κ2) is 4.11. The molecule has 0 amide bonds. The van der Waals surface area contributed by atoms with Crippen LogP contribution in [0.15, 0.2) is 18.2 Å². The first-order chi connectivity index (χ1) is 5.66. The van der Waals surface area contributed by atoms with Crippen molar-refractivity contribution in [3.63, 3.8) is 0 Å². The zero-order valence-electron chi connectivity index (χ0n) is 6.65. The Kier molecular flexibility index (Phi) is 3.36. The van der Waals surface area contributed by atoms with Crippen LogP contribution in [0.4, 0.5) is 4.39 Å². The van der Waals surface area contributed by atoms with Gasteiger partial charge >= 0.3 is 0 Å². The average Bonchev–Trinajstić information content (AvgIpc) is 2.03. The number of hydrogen-bond acceptors (Lipinski definition) is 0. The lowest BCUT2D eigenvalue weighted by molar-refractivity contribution is 0.599. The van der Waals surface area contributed by atoms with Gasteiger partial charge in [-0.3, -0.25) is 0 Å². The summed E-state index contributed by atoms with van der Waals surface area (Å²) in [5.41, 5.74) is 0.508. The summed E-state index contributed by atoms with van der Waals surface area (Å²) in [6.07, 6.45) is 0. The van der Waals surface area contributed by atoms with Crippen LogP contribution < -0.4 is 0 Å². The molecule has 0 spiro atoms. The van der Waals surface area contributed by atoms with E-state index in [9.17, 15) is 4.39 Å². The van der Waals surface area contributed by atoms with Crippen LogP contribution in [0.2, 0.25) is 5.02 Å². The van der Waals surface area contributed by atoms with E-state index >= 15 is 0 Å². The molecule has 66 valence electrons. The van der Waals surface area contributed by atoms with Crippen LogP contribution >= 0.6 is 23.2 Å². The van der Waals surface area contributed by atoms with E-state index in [2.05, 4.69) is 0 Å². The second-order valence-electron chi connectivity index (χ2n) is 2.69. The molecular formula is C9H9Cl2F. The smallest absolute Gasteiger partial charge is 0.128 e. The standard InChI is InChI=1S/C9H9Cl2F/c1-6(5-10)9-7(11)3-2-4-8(9)12/h2-4,6H,5H2,1H3. The van der Waals surface area contributed by atoms with Gasteiger partial charge in [0.25, 0.3) is 0 Å². The molecule has 12 heavy (non-hydrogen) atoms. The van der Waals surface area contributed by atoms with Crippen molar-refractivity contribution >= 4 is 23.2 Å². The third kappa shape index (κ3) is 1.90. The second-order valence-corrected chi connectivity index (χ2v) is 3.41. The van der Waals surface area contributed by atoms with Crippen molar-refractivity contribution in [2.45, 2.75) is 12.8 Å². The van der Waals surface area contributed by atoms with E-state index < -0.39 is 0 Å². The van der Waals surface area contributed by atoms with Crippen molar-refractivity contribution < 1.29 is 4.39 Å². The van der Waals surface area contributed by atoms with Gasteiger partial charge in [-0.05, 0) is 18.1 Å². The first kappa shape index (κ1) is 9.82. The third-order valence-corrected chi connectivity index (χ3v) is 2.52. The predicted octanol–water partition coefficient (Wildman–Crippen LogP) is 3.82. The molecule has 1 aromatic carbocycles. The van der Waals surface area contributed by atoms with Crippen molar-refractivity contribution in [3.05, 3.63) is 34.6 Å². The van der Waals surface area contributed by atoms with Crippen molar-refractivity contribution in [2.75, 3.05) is 5.88 Å². The number of rotatable bonds is 2. The Bertz CT molecular complexity index is 253. The summed E-state index contributed by atoms with van der Waals surface area (Å²) in [6.45, 7) is 1.84. The van der Waals surface area contributed by atoms with E-state index in [-0.39, 0.29) is 11.7 Å². The fourth-order valence-electron chi connectivity index (χ4n) is 1.06. The van der Waals surface area contributed by atoms with E-state index in [4.69, 9.17) is 23.2 Å². The zero-order chi connectivity index (χ0) is 9.14. The highest BCUT2D eigenvalue weighted by Crippen LogP contribution is 2.27. The zero-order valence-corrected chi connectivity index (χ0v) is 8.16. The lowest BCUT2D eigenvalue weighted by Gasteiger charge is -2.10. The Morgan fingerprint density at radius 3 is 2.67 bits per heavy atom. The molecule has 3 heteroatoms. The summed E-state index contributed by atoms with van der Waals surface area (Å²) < 4.78 is 13.1. The fourth-order valence-corrected chi connectivity index (χ4v) is 1.56. The molecule has 0 saturated carbocycles. The summed E-state index contributed by atoms with van der Waals surface area (Å²) in [5, 5.41) is 0.447. The monoisotopic (exact) mass is 206 g/mol. The van der Waals surface area contributed by atoms with Crippen LogP contribution in [0.5, 0.6) is 0 Å². The van der Waals surface area contributed by atoms with E-state index in [1.54, 1.807) is 12.1 Å². The third-order valence-electron chi connectivity index (χ3n) is 1.72. The molecule has 0 aliphatic heterocycles. The van der Waals surface area contributed by atoms with Crippen molar-refractivity contribution in [2.24, 2.45) is 0 Å². The molecule has 1 atom stereocenters. The van der Waals surface area contributed by atoms with E-state index in [0.29, 0.717) is 16.5 Å². The molecule has 0 aromatic heterocycles. The van der Waals surface area contributed by atoms with Gasteiger partial charge in [0.1, 0.15) is 5.82 Å². The van der Waals surface area contributed by atoms with Gasteiger partial charge in [-0.2, -0.15) is 0 Å². The van der Waals surface area contributed by atoms with Gasteiger partial charge in [-0.15, -0.1) is 11.6 Å². The van der Waals surface area contributed by atoms with Crippen molar-refractivity contribution in [1.29, 1.82) is 0 Å². The highest BCUT2D eigenvalue weighted by atomic mass is 35.5. The predicted molar refractivity (Wildman–Crippen MR) is 50.5 cm³/mol. The Hall–Kier alpha value is -0.270. The fraction of sp³-hybridized carbons (Fsp3) is 0.333. The minimum absolute atomic E-state index is 0.0413. The van der Waals surface area contributed by atoms with Gasteiger partial charge in [0, 0.05) is 16.5 Å². The summed E-state index contributed by atoms with van der Waals surface area (Å²) in [6, 6.07) is 4.65. The minimum atomic E-state index is -0.282. The topological polar surface area (TPSA) is 0 Å². The number of halogens is 3.